The molecule has 2 aromatic rings. The standard InChI is InChI=1S/C20H23FN2O3S/c1-13(2)12-23-18-8-7-17(10-15(18)5-9-20(23)24)22-27(25,26)19-11-16(21)6-4-14(19)3/h4,6-8,10-11,13,22H,5,9,12H2,1-3H3. The fourth-order valence-electron chi connectivity index (χ4n) is 3.26. The number of sulfonamides is 1. The van der Waals surface area contributed by atoms with Crippen LogP contribution in [0.2, 0.25) is 0 Å². The van der Waals surface area contributed by atoms with Crippen molar-refractivity contribution in [3.63, 3.8) is 0 Å². The van der Waals surface area contributed by atoms with Crippen LogP contribution in [-0.4, -0.2) is 20.9 Å². The van der Waals surface area contributed by atoms with Crippen molar-refractivity contribution < 1.29 is 17.6 Å². The van der Waals surface area contributed by atoms with Crippen molar-refractivity contribution in [2.75, 3.05) is 16.2 Å². The van der Waals surface area contributed by atoms with Crippen molar-refractivity contribution in [1.82, 2.24) is 0 Å². The third-order valence-corrected chi connectivity index (χ3v) is 6.04. The second-order valence-electron chi connectivity index (χ2n) is 7.26. The molecule has 3 rings (SSSR count). The molecule has 1 amide bonds. The predicted octanol–water partition coefficient (Wildman–Crippen LogP) is 3.87. The number of anilines is 2. The molecule has 0 aromatic heterocycles. The molecule has 0 spiro atoms. The monoisotopic (exact) mass is 390 g/mol. The predicted molar refractivity (Wildman–Crippen MR) is 104 cm³/mol. The lowest BCUT2D eigenvalue weighted by Crippen LogP contribution is -2.37. The summed E-state index contributed by atoms with van der Waals surface area (Å²) in [6, 6.07) is 8.84. The van der Waals surface area contributed by atoms with Gasteiger partial charge in [-0.15, -0.1) is 0 Å². The van der Waals surface area contributed by atoms with Gasteiger partial charge in [0.2, 0.25) is 5.91 Å². The van der Waals surface area contributed by atoms with Crippen molar-refractivity contribution in [2.24, 2.45) is 5.92 Å². The highest BCUT2D eigenvalue weighted by Crippen LogP contribution is 2.32. The van der Waals surface area contributed by atoms with Crippen molar-refractivity contribution in [1.29, 1.82) is 0 Å². The van der Waals surface area contributed by atoms with Crippen LogP contribution < -0.4 is 9.62 Å². The smallest absolute Gasteiger partial charge is 0.262 e. The normalized spacial score (nSPS) is 14.4. The Morgan fingerprint density at radius 2 is 1.89 bits per heavy atom. The van der Waals surface area contributed by atoms with E-state index in [1.54, 1.807) is 30.0 Å². The zero-order valence-electron chi connectivity index (χ0n) is 15.6. The second kappa shape index (κ2) is 7.31. The molecular weight excluding hydrogens is 367 g/mol. The Kier molecular flexibility index (Phi) is 5.24. The van der Waals surface area contributed by atoms with E-state index in [2.05, 4.69) is 4.72 Å². The number of amides is 1. The molecule has 1 heterocycles. The number of aryl methyl sites for hydroxylation is 2. The van der Waals surface area contributed by atoms with Crippen molar-refractivity contribution >= 4 is 27.3 Å². The SMILES string of the molecule is Cc1ccc(F)cc1S(=O)(=O)Nc1ccc2c(c1)CCC(=O)N2CC(C)C. The molecule has 27 heavy (non-hydrogen) atoms. The minimum absolute atomic E-state index is 0.0833. The number of fused-ring (bicyclic) bond motifs is 1. The molecule has 0 atom stereocenters. The number of nitrogens with zero attached hydrogens (tertiary/aromatic N) is 1. The Hall–Kier alpha value is -2.41. The summed E-state index contributed by atoms with van der Waals surface area (Å²) in [5.41, 5.74) is 2.61. The van der Waals surface area contributed by atoms with Gasteiger partial charge in [-0.05, 0) is 60.7 Å². The summed E-state index contributed by atoms with van der Waals surface area (Å²) < 4.78 is 41.3. The van der Waals surface area contributed by atoms with Gasteiger partial charge in [-0.2, -0.15) is 0 Å². The number of hydrogen-bond acceptors (Lipinski definition) is 3. The van der Waals surface area contributed by atoms with E-state index in [0.29, 0.717) is 36.6 Å². The van der Waals surface area contributed by atoms with Gasteiger partial charge in [0, 0.05) is 24.3 Å². The topological polar surface area (TPSA) is 66.5 Å². The third kappa shape index (κ3) is 4.13. The Morgan fingerprint density at radius 3 is 2.59 bits per heavy atom. The molecule has 0 bridgehead atoms. The maximum absolute atomic E-state index is 13.5. The Labute approximate surface area is 159 Å². The van der Waals surface area contributed by atoms with Crippen LogP contribution in [0, 0.1) is 18.7 Å². The fraction of sp³-hybridized carbons (Fsp3) is 0.350. The first kappa shape index (κ1) is 19.4. The average Bonchev–Trinajstić information content (AvgIpc) is 2.59. The molecule has 144 valence electrons. The Morgan fingerprint density at radius 1 is 1.15 bits per heavy atom. The number of carbonyl (C=O) groups excluding carboxylic acids is 1. The van der Waals surface area contributed by atoms with Crippen molar-refractivity contribution in [3.05, 3.63) is 53.3 Å². The lowest BCUT2D eigenvalue weighted by atomic mass is 9.99. The summed E-state index contributed by atoms with van der Waals surface area (Å²) in [4.78, 5) is 13.9. The van der Waals surface area contributed by atoms with Gasteiger partial charge in [-0.25, -0.2) is 12.8 Å². The van der Waals surface area contributed by atoms with E-state index >= 15 is 0 Å². The summed E-state index contributed by atoms with van der Waals surface area (Å²) in [5.74, 6) is -0.191. The van der Waals surface area contributed by atoms with Gasteiger partial charge < -0.3 is 4.90 Å². The minimum Gasteiger partial charge on any atom is -0.312 e. The van der Waals surface area contributed by atoms with Crippen LogP contribution in [0.5, 0.6) is 0 Å². The van der Waals surface area contributed by atoms with E-state index in [1.165, 1.54) is 12.1 Å². The summed E-state index contributed by atoms with van der Waals surface area (Å²) in [6.45, 7) is 6.34. The Balaban J connectivity index is 1.91. The minimum atomic E-state index is -3.91. The third-order valence-electron chi connectivity index (χ3n) is 4.52. The molecule has 0 radical (unpaired) electrons. The lowest BCUT2D eigenvalue weighted by molar-refractivity contribution is -0.119. The number of benzene rings is 2. The number of hydrogen-bond donors (Lipinski definition) is 1. The number of halogens is 1. The van der Waals surface area contributed by atoms with Gasteiger partial charge in [0.15, 0.2) is 0 Å². The molecule has 1 aliphatic rings. The van der Waals surface area contributed by atoms with Crippen LogP contribution in [0.25, 0.3) is 0 Å². The van der Waals surface area contributed by atoms with Crippen LogP contribution in [-0.2, 0) is 21.2 Å². The Bertz CT molecular complexity index is 987. The molecule has 1 N–H and O–H groups in total. The zero-order valence-corrected chi connectivity index (χ0v) is 16.4. The maximum Gasteiger partial charge on any atom is 0.262 e. The van der Waals surface area contributed by atoms with Crippen LogP contribution in [0.1, 0.15) is 31.4 Å². The number of rotatable bonds is 5. The molecule has 1 aliphatic heterocycles. The molecule has 0 fully saturated rings. The van der Waals surface area contributed by atoms with E-state index in [9.17, 15) is 17.6 Å². The van der Waals surface area contributed by atoms with Crippen LogP contribution in [0.4, 0.5) is 15.8 Å². The van der Waals surface area contributed by atoms with Gasteiger partial charge in [0.05, 0.1) is 4.90 Å². The average molecular weight is 390 g/mol. The van der Waals surface area contributed by atoms with Gasteiger partial charge in [-0.1, -0.05) is 19.9 Å². The van der Waals surface area contributed by atoms with Gasteiger partial charge in [0.25, 0.3) is 10.0 Å². The first-order valence-electron chi connectivity index (χ1n) is 8.89. The van der Waals surface area contributed by atoms with Crippen LogP contribution in [0.15, 0.2) is 41.3 Å². The second-order valence-corrected chi connectivity index (χ2v) is 8.91. The number of nitrogens with one attached hydrogen (secondary N) is 1. The van der Waals surface area contributed by atoms with Gasteiger partial charge >= 0.3 is 0 Å². The summed E-state index contributed by atoms with van der Waals surface area (Å²) in [5, 5.41) is 0. The van der Waals surface area contributed by atoms with Crippen molar-refractivity contribution in [2.45, 2.75) is 38.5 Å². The highest BCUT2D eigenvalue weighted by atomic mass is 32.2. The molecule has 5 nitrogen and oxygen atoms in total. The largest absolute Gasteiger partial charge is 0.312 e. The molecule has 0 unspecified atom stereocenters. The maximum atomic E-state index is 13.5. The lowest BCUT2D eigenvalue weighted by Gasteiger charge is -2.31. The van der Waals surface area contributed by atoms with Gasteiger partial charge in [-0.3, -0.25) is 9.52 Å². The highest BCUT2D eigenvalue weighted by Gasteiger charge is 2.25. The molecule has 7 heteroatoms. The molecule has 0 saturated heterocycles. The quantitative estimate of drug-likeness (QED) is 0.843. The van der Waals surface area contributed by atoms with Crippen LogP contribution in [0.3, 0.4) is 0 Å². The first-order chi connectivity index (χ1) is 12.7. The van der Waals surface area contributed by atoms with E-state index in [-0.39, 0.29) is 10.8 Å². The molecular formula is C20H23FN2O3S. The first-order valence-corrected chi connectivity index (χ1v) is 10.4. The van der Waals surface area contributed by atoms with Gasteiger partial charge in [0.1, 0.15) is 5.82 Å². The fourth-order valence-corrected chi connectivity index (χ4v) is 4.57. The van der Waals surface area contributed by atoms with E-state index in [0.717, 1.165) is 17.3 Å². The number of carbonyl (C=O) groups is 1. The van der Waals surface area contributed by atoms with Crippen molar-refractivity contribution in [3.8, 4) is 0 Å². The summed E-state index contributed by atoms with van der Waals surface area (Å²) in [6.07, 6.45) is 0.969. The molecule has 0 aliphatic carbocycles. The molecule has 2 aromatic carbocycles. The zero-order chi connectivity index (χ0) is 19.8. The van der Waals surface area contributed by atoms with E-state index in [1.807, 2.05) is 13.8 Å². The molecule has 0 saturated carbocycles. The van der Waals surface area contributed by atoms with E-state index in [4.69, 9.17) is 0 Å². The summed E-state index contributed by atoms with van der Waals surface area (Å²) in [7, 11) is -3.91. The van der Waals surface area contributed by atoms with E-state index < -0.39 is 15.8 Å². The summed E-state index contributed by atoms with van der Waals surface area (Å²) >= 11 is 0. The van der Waals surface area contributed by atoms with Crippen LogP contribution >= 0.6 is 0 Å². The highest BCUT2D eigenvalue weighted by molar-refractivity contribution is 7.92.